The Balaban J connectivity index is 0.00000264. The van der Waals surface area contributed by atoms with E-state index in [1.54, 1.807) is 7.11 Å². The number of nitrogens with one attached hydrogen (secondary N) is 1. The molecular formula is C18H30IN3O. The van der Waals surface area contributed by atoms with Crippen LogP contribution in [0.3, 0.4) is 0 Å². The maximum Gasteiger partial charge on any atom is 0.194 e. The molecule has 1 saturated heterocycles. The molecule has 5 heteroatoms. The van der Waals surface area contributed by atoms with Crippen LogP contribution in [-0.2, 0) is 6.42 Å². The molecule has 0 aromatic heterocycles. The molecule has 0 atom stereocenters. The van der Waals surface area contributed by atoms with E-state index in [0.717, 1.165) is 31.2 Å². The van der Waals surface area contributed by atoms with Gasteiger partial charge in [-0.1, -0.05) is 26.0 Å². The summed E-state index contributed by atoms with van der Waals surface area (Å²) in [6.45, 7) is 11.1. The fourth-order valence-corrected chi connectivity index (χ4v) is 2.84. The molecule has 0 amide bonds. The zero-order valence-electron chi connectivity index (χ0n) is 15.1. The van der Waals surface area contributed by atoms with Crippen molar-refractivity contribution in [2.24, 2.45) is 10.4 Å². The van der Waals surface area contributed by atoms with E-state index in [4.69, 9.17) is 4.74 Å². The van der Waals surface area contributed by atoms with Crippen LogP contribution in [0.2, 0.25) is 0 Å². The first-order valence-corrected chi connectivity index (χ1v) is 7.93. The first-order valence-electron chi connectivity index (χ1n) is 7.93. The van der Waals surface area contributed by atoms with Gasteiger partial charge in [0.15, 0.2) is 5.96 Å². The van der Waals surface area contributed by atoms with E-state index in [1.165, 1.54) is 5.56 Å². The van der Waals surface area contributed by atoms with Crippen molar-refractivity contribution < 1.29 is 4.74 Å². The third kappa shape index (κ3) is 4.11. The molecule has 23 heavy (non-hydrogen) atoms. The smallest absolute Gasteiger partial charge is 0.194 e. The van der Waals surface area contributed by atoms with Crippen LogP contribution in [0.1, 0.15) is 33.3 Å². The van der Waals surface area contributed by atoms with Gasteiger partial charge in [0.05, 0.1) is 7.11 Å². The van der Waals surface area contributed by atoms with Gasteiger partial charge in [0, 0.05) is 31.1 Å². The number of hydrogen-bond donors (Lipinski definition) is 1. The predicted octanol–water partition coefficient (Wildman–Crippen LogP) is 3.55. The van der Waals surface area contributed by atoms with Crippen molar-refractivity contribution in [1.82, 2.24) is 10.2 Å². The van der Waals surface area contributed by atoms with Crippen molar-refractivity contribution >= 4 is 29.9 Å². The Bertz CT molecular complexity index is 555. The Kier molecular flexibility index (Phi) is 6.74. The number of nitrogens with zero attached hydrogens (tertiary/aromatic N) is 2. The molecule has 0 radical (unpaired) electrons. The fourth-order valence-electron chi connectivity index (χ4n) is 2.84. The Labute approximate surface area is 157 Å². The van der Waals surface area contributed by atoms with E-state index in [1.807, 2.05) is 19.2 Å². The van der Waals surface area contributed by atoms with Crippen LogP contribution in [0.4, 0.5) is 0 Å². The third-order valence-electron chi connectivity index (χ3n) is 5.18. The lowest BCUT2D eigenvalue weighted by Gasteiger charge is -2.62. The van der Waals surface area contributed by atoms with Crippen LogP contribution in [0, 0.1) is 5.41 Å². The predicted molar refractivity (Wildman–Crippen MR) is 108 cm³/mol. The molecule has 0 saturated carbocycles. The number of likely N-dealkylation sites (tertiary alicyclic amines) is 1. The molecule has 0 bridgehead atoms. The largest absolute Gasteiger partial charge is 0.497 e. The fraction of sp³-hybridized carbons (Fsp3) is 0.611. The third-order valence-corrected chi connectivity index (χ3v) is 5.18. The summed E-state index contributed by atoms with van der Waals surface area (Å²) < 4.78 is 5.27. The van der Waals surface area contributed by atoms with E-state index < -0.39 is 0 Å². The van der Waals surface area contributed by atoms with Gasteiger partial charge in [-0.05, 0) is 38.0 Å². The number of ether oxygens (including phenoxy) is 1. The average molecular weight is 431 g/mol. The topological polar surface area (TPSA) is 36.9 Å². The second-order valence-corrected chi connectivity index (χ2v) is 7.10. The van der Waals surface area contributed by atoms with Crippen LogP contribution in [-0.4, -0.2) is 43.6 Å². The van der Waals surface area contributed by atoms with Crippen LogP contribution >= 0.6 is 24.0 Å². The Morgan fingerprint density at radius 3 is 2.52 bits per heavy atom. The molecule has 0 spiro atoms. The zero-order valence-corrected chi connectivity index (χ0v) is 17.5. The second kappa shape index (κ2) is 7.73. The first kappa shape index (κ1) is 20.1. The lowest BCUT2D eigenvalue weighted by atomic mass is 9.65. The second-order valence-electron chi connectivity index (χ2n) is 7.10. The van der Waals surface area contributed by atoms with Crippen molar-refractivity contribution in [3.8, 4) is 5.75 Å². The SMILES string of the molecule is CN=C(NCCc1cccc(OC)c1)N1CC(C)(C)C1(C)C.I. The van der Waals surface area contributed by atoms with Crippen molar-refractivity contribution in [3.63, 3.8) is 0 Å². The summed E-state index contributed by atoms with van der Waals surface area (Å²) in [5, 5.41) is 3.49. The molecule has 1 aromatic rings. The van der Waals surface area contributed by atoms with E-state index in [-0.39, 0.29) is 29.5 Å². The van der Waals surface area contributed by atoms with E-state index >= 15 is 0 Å². The summed E-state index contributed by atoms with van der Waals surface area (Å²) in [5.74, 6) is 1.90. The Morgan fingerprint density at radius 1 is 1.30 bits per heavy atom. The van der Waals surface area contributed by atoms with E-state index in [0.29, 0.717) is 5.41 Å². The van der Waals surface area contributed by atoms with Gasteiger partial charge >= 0.3 is 0 Å². The number of benzene rings is 1. The molecule has 1 fully saturated rings. The van der Waals surface area contributed by atoms with Crippen molar-refractivity contribution in [1.29, 1.82) is 0 Å². The summed E-state index contributed by atoms with van der Waals surface area (Å²) in [6, 6.07) is 8.22. The highest BCUT2D eigenvalue weighted by molar-refractivity contribution is 14.0. The summed E-state index contributed by atoms with van der Waals surface area (Å²) in [4.78, 5) is 6.80. The molecule has 1 N–H and O–H groups in total. The number of halogens is 1. The molecular weight excluding hydrogens is 401 g/mol. The van der Waals surface area contributed by atoms with Gasteiger partial charge in [0.1, 0.15) is 5.75 Å². The maximum absolute atomic E-state index is 5.27. The summed E-state index contributed by atoms with van der Waals surface area (Å²) in [5.41, 5.74) is 1.72. The lowest BCUT2D eigenvalue weighted by Crippen LogP contribution is -2.72. The summed E-state index contributed by atoms with van der Waals surface area (Å²) >= 11 is 0. The zero-order chi connectivity index (χ0) is 16.4. The quantitative estimate of drug-likeness (QED) is 0.450. The minimum absolute atomic E-state index is 0. The van der Waals surface area contributed by atoms with E-state index in [9.17, 15) is 0 Å². The van der Waals surface area contributed by atoms with Crippen LogP contribution in [0.15, 0.2) is 29.3 Å². The summed E-state index contributed by atoms with van der Waals surface area (Å²) in [7, 11) is 3.56. The van der Waals surface area contributed by atoms with Crippen molar-refractivity contribution in [2.45, 2.75) is 39.7 Å². The van der Waals surface area contributed by atoms with Gasteiger partial charge in [-0.3, -0.25) is 4.99 Å². The number of guanidine groups is 1. The van der Waals surface area contributed by atoms with Crippen LogP contribution in [0.25, 0.3) is 0 Å². The highest BCUT2D eigenvalue weighted by Crippen LogP contribution is 2.46. The molecule has 1 aromatic carbocycles. The summed E-state index contributed by atoms with van der Waals surface area (Å²) in [6.07, 6.45) is 0.952. The highest BCUT2D eigenvalue weighted by Gasteiger charge is 2.53. The van der Waals surface area contributed by atoms with Crippen LogP contribution < -0.4 is 10.1 Å². The van der Waals surface area contributed by atoms with Gasteiger partial charge in [-0.25, -0.2) is 0 Å². The van der Waals surface area contributed by atoms with E-state index in [2.05, 4.69) is 55.0 Å². The lowest BCUT2D eigenvalue weighted by molar-refractivity contribution is -0.0666. The minimum Gasteiger partial charge on any atom is -0.497 e. The molecule has 0 unspecified atom stereocenters. The van der Waals surface area contributed by atoms with Gasteiger partial charge in [-0.15, -0.1) is 24.0 Å². The Hall–Kier alpha value is -0.980. The highest BCUT2D eigenvalue weighted by atomic mass is 127. The Morgan fingerprint density at radius 2 is 2.00 bits per heavy atom. The van der Waals surface area contributed by atoms with Gasteiger partial charge < -0.3 is 15.0 Å². The molecule has 1 heterocycles. The molecule has 1 aliphatic rings. The number of methoxy groups -OCH3 is 1. The molecule has 130 valence electrons. The number of hydrogen-bond acceptors (Lipinski definition) is 2. The van der Waals surface area contributed by atoms with Crippen molar-refractivity contribution in [3.05, 3.63) is 29.8 Å². The standard InChI is InChI=1S/C18H29N3O.HI/c1-17(2)13-21(18(17,3)4)16(19-5)20-11-10-14-8-7-9-15(12-14)22-6;/h7-9,12H,10-11,13H2,1-6H3,(H,19,20);1H. The minimum atomic E-state index is 0. The average Bonchev–Trinajstić information content (AvgIpc) is 2.50. The molecule has 1 aliphatic heterocycles. The number of rotatable bonds is 4. The van der Waals surface area contributed by atoms with Gasteiger partial charge in [0.2, 0.25) is 0 Å². The normalized spacial score (nSPS) is 18.7. The van der Waals surface area contributed by atoms with Crippen LogP contribution in [0.5, 0.6) is 5.75 Å². The number of aliphatic imine (C=N–C) groups is 1. The maximum atomic E-state index is 5.27. The van der Waals surface area contributed by atoms with Gasteiger partial charge in [0.25, 0.3) is 0 Å². The monoisotopic (exact) mass is 431 g/mol. The first-order chi connectivity index (χ1) is 10.3. The van der Waals surface area contributed by atoms with Gasteiger partial charge in [-0.2, -0.15) is 0 Å². The molecule has 2 rings (SSSR count). The molecule has 0 aliphatic carbocycles. The van der Waals surface area contributed by atoms with Crippen molar-refractivity contribution in [2.75, 3.05) is 27.2 Å². The molecule has 4 nitrogen and oxygen atoms in total.